The van der Waals surface area contributed by atoms with Gasteiger partial charge in [0.15, 0.2) is 0 Å². The molecule has 1 aliphatic rings. The molecule has 0 spiro atoms. The van der Waals surface area contributed by atoms with Gasteiger partial charge in [-0.25, -0.2) is 0 Å². The molecule has 1 aliphatic heterocycles. The number of aliphatic hydroxyl groups is 1. The minimum absolute atomic E-state index is 0.0675. The molecule has 0 bridgehead atoms. The molecule has 1 N–H and O–H groups in total. The molecule has 0 aromatic heterocycles. The Morgan fingerprint density at radius 3 is 1.93 bits per heavy atom. The Kier molecular flexibility index (Phi) is 15.1. The summed E-state index contributed by atoms with van der Waals surface area (Å²) in [7, 11) is -0.0675. The lowest BCUT2D eigenvalue weighted by molar-refractivity contribution is 0.239. The molecule has 86 valence electrons. The first-order chi connectivity index (χ1) is 6.83. The van der Waals surface area contributed by atoms with Crippen LogP contribution in [0.2, 0.25) is 6.32 Å². The number of aliphatic hydroxyl groups excluding tert-OH is 1. The van der Waals surface area contributed by atoms with Gasteiger partial charge in [0.05, 0.1) is 13.2 Å². The van der Waals surface area contributed by atoms with Crippen molar-refractivity contribution in [2.45, 2.75) is 40.9 Å². The predicted octanol–water partition coefficient (Wildman–Crippen LogP) is 2.20. The Hall–Kier alpha value is -0.0551. The average Bonchev–Trinajstić information content (AvgIpc) is 2.76. The van der Waals surface area contributed by atoms with Gasteiger partial charge in [0.1, 0.15) is 0 Å². The standard InChI is InChI=1S/C6H13BO3.2C2H6/c1-6(5-8)4-7-9-2-3-10-7;2*1-2/h6,8H,2-5H2,1H3;2*1-2H3/t6-;;/m0../s1. The summed E-state index contributed by atoms with van der Waals surface area (Å²) in [5.74, 6) is 0.281. The second kappa shape index (κ2) is 12.9. The molecule has 1 rings (SSSR count). The van der Waals surface area contributed by atoms with Gasteiger partial charge >= 0.3 is 7.12 Å². The van der Waals surface area contributed by atoms with E-state index in [0.717, 1.165) is 6.32 Å². The van der Waals surface area contributed by atoms with Crippen molar-refractivity contribution in [2.75, 3.05) is 19.8 Å². The molecule has 1 heterocycles. The Labute approximate surface area is 88.9 Å². The van der Waals surface area contributed by atoms with Crippen LogP contribution in [0.1, 0.15) is 34.6 Å². The van der Waals surface area contributed by atoms with E-state index >= 15 is 0 Å². The largest absolute Gasteiger partial charge is 0.457 e. The second-order valence-electron chi connectivity index (χ2n) is 2.69. The molecule has 0 saturated carbocycles. The topological polar surface area (TPSA) is 38.7 Å². The summed E-state index contributed by atoms with van der Waals surface area (Å²) in [6.45, 7) is 11.6. The van der Waals surface area contributed by atoms with E-state index in [0.29, 0.717) is 13.2 Å². The number of hydrogen-bond donors (Lipinski definition) is 1. The van der Waals surface area contributed by atoms with Crippen LogP contribution in [0.3, 0.4) is 0 Å². The van der Waals surface area contributed by atoms with Crippen LogP contribution in [0.25, 0.3) is 0 Å². The van der Waals surface area contributed by atoms with Gasteiger partial charge in [-0.1, -0.05) is 34.6 Å². The van der Waals surface area contributed by atoms with Crippen LogP contribution in [0.15, 0.2) is 0 Å². The zero-order valence-corrected chi connectivity index (χ0v) is 10.2. The van der Waals surface area contributed by atoms with E-state index in [9.17, 15) is 0 Å². The molecule has 0 aromatic rings. The minimum Gasteiger partial charge on any atom is -0.409 e. The first-order valence-electron chi connectivity index (χ1n) is 5.67. The van der Waals surface area contributed by atoms with Gasteiger partial charge in [0.2, 0.25) is 0 Å². The van der Waals surface area contributed by atoms with Crippen molar-refractivity contribution < 1.29 is 14.4 Å². The normalized spacial score (nSPS) is 16.3. The highest BCUT2D eigenvalue weighted by molar-refractivity contribution is 6.44. The van der Waals surface area contributed by atoms with E-state index in [2.05, 4.69) is 0 Å². The molecule has 14 heavy (non-hydrogen) atoms. The van der Waals surface area contributed by atoms with Crippen molar-refractivity contribution >= 4 is 7.12 Å². The van der Waals surface area contributed by atoms with Crippen LogP contribution in [0, 0.1) is 5.92 Å². The van der Waals surface area contributed by atoms with Crippen LogP contribution in [0.4, 0.5) is 0 Å². The maximum Gasteiger partial charge on any atom is 0.457 e. The zero-order valence-electron chi connectivity index (χ0n) is 10.2. The lowest BCUT2D eigenvalue weighted by Gasteiger charge is -2.07. The molecule has 1 saturated heterocycles. The highest BCUT2D eigenvalue weighted by Gasteiger charge is 2.25. The summed E-state index contributed by atoms with van der Waals surface area (Å²) in [6, 6.07) is 0. The lowest BCUT2D eigenvalue weighted by Crippen LogP contribution is -2.18. The van der Waals surface area contributed by atoms with Gasteiger partial charge in [-0.15, -0.1) is 0 Å². The Morgan fingerprint density at radius 1 is 1.14 bits per heavy atom. The molecule has 4 heteroatoms. The monoisotopic (exact) mass is 204 g/mol. The molecule has 1 atom stereocenters. The highest BCUT2D eigenvalue weighted by atomic mass is 16.6. The van der Waals surface area contributed by atoms with Crippen molar-refractivity contribution in [3.05, 3.63) is 0 Å². The highest BCUT2D eigenvalue weighted by Crippen LogP contribution is 2.11. The quantitative estimate of drug-likeness (QED) is 0.716. The summed E-state index contributed by atoms with van der Waals surface area (Å²) in [6.07, 6.45) is 0.802. The Bertz CT molecular complexity index is 95.4. The molecular formula is C10H25BO3. The number of hydrogen-bond acceptors (Lipinski definition) is 3. The maximum absolute atomic E-state index is 8.68. The van der Waals surface area contributed by atoms with Gasteiger partial charge < -0.3 is 14.4 Å². The molecule has 1 fully saturated rings. The Morgan fingerprint density at radius 2 is 1.57 bits per heavy atom. The average molecular weight is 204 g/mol. The van der Waals surface area contributed by atoms with Gasteiger partial charge in [0.25, 0.3) is 0 Å². The lowest BCUT2D eigenvalue weighted by atomic mass is 9.79. The van der Waals surface area contributed by atoms with Gasteiger partial charge in [-0.2, -0.15) is 0 Å². The van der Waals surface area contributed by atoms with E-state index in [1.165, 1.54) is 0 Å². The van der Waals surface area contributed by atoms with E-state index in [1.54, 1.807) is 0 Å². The SMILES string of the molecule is CC.CC.C[C@H](CO)CB1OCCO1. The molecule has 3 nitrogen and oxygen atoms in total. The van der Waals surface area contributed by atoms with Crippen LogP contribution in [-0.2, 0) is 9.31 Å². The fraction of sp³-hybridized carbons (Fsp3) is 1.00. The molecule has 0 unspecified atom stereocenters. The first-order valence-corrected chi connectivity index (χ1v) is 5.67. The summed E-state index contributed by atoms with van der Waals surface area (Å²) >= 11 is 0. The third-order valence-corrected chi connectivity index (χ3v) is 1.60. The van der Waals surface area contributed by atoms with Crippen molar-refractivity contribution in [3.8, 4) is 0 Å². The molecule has 0 amide bonds. The number of rotatable bonds is 3. The van der Waals surface area contributed by atoms with Crippen LogP contribution >= 0.6 is 0 Å². The van der Waals surface area contributed by atoms with Crippen molar-refractivity contribution in [1.29, 1.82) is 0 Å². The third kappa shape index (κ3) is 8.54. The molecule has 0 radical (unpaired) electrons. The second-order valence-corrected chi connectivity index (χ2v) is 2.69. The summed E-state index contributed by atoms with van der Waals surface area (Å²) in [5.41, 5.74) is 0. The van der Waals surface area contributed by atoms with Gasteiger partial charge in [-0.05, 0) is 12.2 Å². The summed E-state index contributed by atoms with van der Waals surface area (Å²) in [4.78, 5) is 0. The molecule has 0 aromatic carbocycles. The predicted molar refractivity (Wildman–Crippen MR) is 61.4 cm³/mol. The van der Waals surface area contributed by atoms with E-state index in [-0.39, 0.29) is 19.6 Å². The van der Waals surface area contributed by atoms with E-state index < -0.39 is 0 Å². The van der Waals surface area contributed by atoms with Crippen LogP contribution < -0.4 is 0 Å². The van der Waals surface area contributed by atoms with Gasteiger partial charge in [-0.3, -0.25) is 0 Å². The zero-order chi connectivity index (χ0) is 11.4. The Balaban J connectivity index is 0. The summed E-state index contributed by atoms with van der Waals surface area (Å²) < 4.78 is 10.4. The van der Waals surface area contributed by atoms with E-state index in [4.69, 9.17) is 14.4 Å². The van der Waals surface area contributed by atoms with Crippen molar-refractivity contribution in [3.63, 3.8) is 0 Å². The summed E-state index contributed by atoms with van der Waals surface area (Å²) in [5, 5.41) is 8.68. The fourth-order valence-electron chi connectivity index (χ4n) is 0.946. The minimum atomic E-state index is -0.0675. The first kappa shape index (κ1) is 16.4. The van der Waals surface area contributed by atoms with Gasteiger partial charge in [0, 0.05) is 6.61 Å². The van der Waals surface area contributed by atoms with E-state index in [1.807, 2.05) is 34.6 Å². The van der Waals surface area contributed by atoms with Crippen molar-refractivity contribution in [2.24, 2.45) is 5.92 Å². The third-order valence-electron chi connectivity index (χ3n) is 1.60. The molecule has 0 aliphatic carbocycles. The van der Waals surface area contributed by atoms with Crippen LogP contribution in [-0.4, -0.2) is 32.0 Å². The fourth-order valence-corrected chi connectivity index (χ4v) is 0.946. The van der Waals surface area contributed by atoms with Crippen LogP contribution in [0.5, 0.6) is 0 Å². The smallest absolute Gasteiger partial charge is 0.409 e. The van der Waals surface area contributed by atoms with Crippen molar-refractivity contribution in [1.82, 2.24) is 0 Å². The molecular weight excluding hydrogens is 179 g/mol. The maximum atomic E-state index is 8.68.